The number of aromatic nitrogens is 2. The normalized spacial score (nSPS) is 14.3. The van der Waals surface area contributed by atoms with Gasteiger partial charge in [-0.3, -0.25) is 4.79 Å². The third-order valence-electron chi connectivity index (χ3n) is 4.80. The van der Waals surface area contributed by atoms with Crippen molar-refractivity contribution in [3.63, 3.8) is 0 Å². The summed E-state index contributed by atoms with van der Waals surface area (Å²) in [6.07, 6.45) is 3.04. The van der Waals surface area contributed by atoms with Crippen LogP contribution >= 0.6 is 0 Å². The molecule has 0 radical (unpaired) electrons. The molecule has 6 nitrogen and oxygen atoms in total. The predicted octanol–water partition coefficient (Wildman–Crippen LogP) is 2.90. The highest BCUT2D eigenvalue weighted by molar-refractivity contribution is 5.96. The number of aliphatic carboxylic acids is 1. The zero-order valence-electron chi connectivity index (χ0n) is 15.5. The molecule has 6 heteroatoms. The van der Waals surface area contributed by atoms with Crippen LogP contribution in [0.1, 0.15) is 54.0 Å². The molecule has 0 saturated heterocycles. The van der Waals surface area contributed by atoms with E-state index in [4.69, 9.17) is 0 Å². The number of carboxylic acids is 1. The molecule has 1 atom stereocenters. The molecule has 0 saturated carbocycles. The molecule has 1 heterocycles. The van der Waals surface area contributed by atoms with Crippen LogP contribution in [0.2, 0.25) is 0 Å². The molecule has 3 rings (SSSR count). The molecule has 1 aliphatic carbocycles. The number of carbonyl (C=O) groups is 2. The molecule has 2 aromatic rings. The minimum absolute atomic E-state index is 0.173. The lowest BCUT2D eigenvalue weighted by atomic mass is 10.0. The van der Waals surface area contributed by atoms with Gasteiger partial charge in [0.1, 0.15) is 6.04 Å². The molecule has 0 unspecified atom stereocenters. The number of amides is 1. The van der Waals surface area contributed by atoms with Gasteiger partial charge in [0.2, 0.25) is 0 Å². The van der Waals surface area contributed by atoms with Gasteiger partial charge < -0.3 is 10.4 Å². The second-order valence-electron chi connectivity index (χ2n) is 7.32. The van der Waals surface area contributed by atoms with Gasteiger partial charge in [0.15, 0.2) is 5.69 Å². The Labute approximate surface area is 153 Å². The van der Waals surface area contributed by atoms with Crippen LogP contribution in [0.15, 0.2) is 24.3 Å². The molecule has 0 aliphatic heterocycles. The summed E-state index contributed by atoms with van der Waals surface area (Å²) in [5.74, 6) is -1.24. The standard InChI is InChI=1S/C20H25N3O3/c1-12(2)11-15(20(25)26)21-19(24)18-14-8-6-10-17(14)23(22-18)16-9-5-4-7-13(16)3/h4-5,7,9,12,15H,6,8,10-11H2,1-3H3,(H,21,24)(H,25,26)/t15-/m0/s1. The zero-order chi connectivity index (χ0) is 18.8. The van der Waals surface area contributed by atoms with Gasteiger partial charge in [0, 0.05) is 11.3 Å². The molecule has 0 bridgehead atoms. The van der Waals surface area contributed by atoms with Crippen molar-refractivity contribution >= 4 is 11.9 Å². The fourth-order valence-electron chi connectivity index (χ4n) is 3.54. The highest BCUT2D eigenvalue weighted by Crippen LogP contribution is 2.29. The molecule has 2 N–H and O–H groups in total. The average Bonchev–Trinajstić information content (AvgIpc) is 3.16. The second-order valence-corrected chi connectivity index (χ2v) is 7.32. The van der Waals surface area contributed by atoms with E-state index < -0.39 is 17.9 Å². The van der Waals surface area contributed by atoms with E-state index >= 15 is 0 Å². The first kappa shape index (κ1) is 18.2. The maximum Gasteiger partial charge on any atom is 0.326 e. The van der Waals surface area contributed by atoms with Crippen LogP contribution in [0.5, 0.6) is 0 Å². The first-order chi connectivity index (χ1) is 12.4. The zero-order valence-corrected chi connectivity index (χ0v) is 15.5. The van der Waals surface area contributed by atoms with Crippen LogP contribution in [0.25, 0.3) is 5.69 Å². The van der Waals surface area contributed by atoms with Crippen LogP contribution in [-0.4, -0.2) is 32.8 Å². The van der Waals surface area contributed by atoms with Crippen molar-refractivity contribution in [1.29, 1.82) is 0 Å². The van der Waals surface area contributed by atoms with E-state index in [-0.39, 0.29) is 5.92 Å². The van der Waals surface area contributed by atoms with Crippen molar-refractivity contribution < 1.29 is 14.7 Å². The Bertz CT molecular complexity index is 839. The number of aryl methyl sites for hydroxylation is 1. The predicted molar refractivity (Wildman–Crippen MR) is 98.7 cm³/mol. The van der Waals surface area contributed by atoms with Crippen molar-refractivity contribution in [2.24, 2.45) is 5.92 Å². The Morgan fingerprint density at radius 1 is 1.27 bits per heavy atom. The minimum atomic E-state index is -1.01. The number of carbonyl (C=O) groups excluding carboxylic acids is 1. The molecular weight excluding hydrogens is 330 g/mol. The average molecular weight is 355 g/mol. The lowest BCUT2D eigenvalue weighted by molar-refractivity contribution is -0.139. The maximum atomic E-state index is 12.8. The molecule has 1 amide bonds. The Hall–Kier alpha value is -2.63. The summed E-state index contributed by atoms with van der Waals surface area (Å²) in [6, 6.07) is 7.03. The SMILES string of the molecule is Cc1ccccc1-n1nc(C(=O)N[C@@H](CC(C)C)C(=O)O)c2c1CCC2. The van der Waals surface area contributed by atoms with Gasteiger partial charge in [0.05, 0.1) is 5.69 Å². The van der Waals surface area contributed by atoms with Gasteiger partial charge in [-0.25, -0.2) is 9.48 Å². The smallest absolute Gasteiger partial charge is 0.326 e. The van der Waals surface area contributed by atoms with Crippen molar-refractivity contribution in [2.45, 2.75) is 52.5 Å². The molecule has 0 fully saturated rings. The van der Waals surface area contributed by atoms with Crippen LogP contribution in [-0.2, 0) is 17.6 Å². The Morgan fingerprint density at radius 2 is 2.00 bits per heavy atom. The number of carboxylic acid groups (broad SMARTS) is 1. The van der Waals surface area contributed by atoms with Crippen molar-refractivity contribution in [3.05, 3.63) is 46.8 Å². The first-order valence-electron chi connectivity index (χ1n) is 9.09. The highest BCUT2D eigenvalue weighted by Gasteiger charge is 2.30. The summed E-state index contributed by atoms with van der Waals surface area (Å²) in [7, 11) is 0. The maximum absolute atomic E-state index is 12.8. The van der Waals surface area contributed by atoms with E-state index in [0.717, 1.165) is 41.8 Å². The third kappa shape index (κ3) is 3.49. The second kappa shape index (κ2) is 7.32. The highest BCUT2D eigenvalue weighted by atomic mass is 16.4. The number of fused-ring (bicyclic) bond motifs is 1. The topological polar surface area (TPSA) is 84.2 Å². The summed E-state index contributed by atoms with van der Waals surface area (Å²) in [6.45, 7) is 5.89. The number of nitrogens with one attached hydrogen (secondary N) is 1. The molecule has 0 spiro atoms. The van der Waals surface area contributed by atoms with Crippen LogP contribution < -0.4 is 5.32 Å². The van der Waals surface area contributed by atoms with Gasteiger partial charge in [-0.2, -0.15) is 5.10 Å². The van der Waals surface area contributed by atoms with E-state index in [1.807, 2.05) is 49.7 Å². The van der Waals surface area contributed by atoms with Gasteiger partial charge in [-0.05, 0) is 50.2 Å². The number of nitrogens with zero attached hydrogens (tertiary/aromatic N) is 2. The fourth-order valence-corrected chi connectivity index (χ4v) is 3.54. The molecule has 26 heavy (non-hydrogen) atoms. The number of benzene rings is 1. The van der Waals surface area contributed by atoms with Gasteiger partial charge in [-0.1, -0.05) is 32.0 Å². The van der Waals surface area contributed by atoms with Crippen LogP contribution in [0, 0.1) is 12.8 Å². The third-order valence-corrected chi connectivity index (χ3v) is 4.80. The lowest BCUT2D eigenvalue weighted by Gasteiger charge is -2.16. The lowest BCUT2D eigenvalue weighted by Crippen LogP contribution is -2.42. The van der Waals surface area contributed by atoms with E-state index in [9.17, 15) is 14.7 Å². The van der Waals surface area contributed by atoms with Crippen LogP contribution in [0.3, 0.4) is 0 Å². The Morgan fingerprint density at radius 3 is 2.65 bits per heavy atom. The summed E-state index contributed by atoms with van der Waals surface area (Å²) < 4.78 is 1.85. The molecule has 1 aromatic heterocycles. The first-order valence-corrected chi connectivity index (χ1v) is 9.09. The Balaban J connectivity index is 1.94. The van der Waals surface area contributed by atoms with Crippen molar-refractivity contribution in [3.8, 4) is 5.69 Å². The van der Waals surface area contributed by atoms with E-state index in [2.05, 4.69) is 10.4 Å². The summed E-state index contributed by atoms with van der Waals surface area (Å²) in [4.78, 5) is 24.2. The van der Waals surface area contributed by atoms with E-state index in [1.54, 1.807) is 0 Å². The fraction of sp³-hybridized carbons (Fsp3) is 0.450. The number of hydrogen-bond donors (Lipinski definition) is 2. The van der Waals surface area contributed by atoms with Crippen molar-refractivity contribution in [1.82, 2.24) is 15.1 Å². The molecular formula is C20H25N3O3. The molecule has 1 aromatic carbocycles. The minimum Gasteiger partial charge on any atom is -0.480 e. The van der Waals surface area contributed by atoms with Gasteiger partial charge in [-0.15, -0.1) is 0 Å². The number of para-hydroxylation sites is 1. The summed E-state index contributed by atoms with van der Waals surface area (Å²) >= 11 is 0. The quantitative estimate of drug-likeness (QED) is 0.834. The number of hydrogen-bond acceptors (Lipinski definition) is 3. The summed E-state index contributed by atoms with van der Waals surface area (Å²) in [5, 5.41) is 16.6. The summed E-state index contributed by atoms with van der Waals surface area (Å²) in [5.41, 5.74) is 4.40. The number of rotatable bonds is 6. The van der Waals surface area contributed by atoms with E-state index in [1.165, 1.54) is 0 Å². The van der Waals surface area contributed by atoms with Gasteiger partial charge >= 0.3 is 5.97 Å². The van der Waals surface area contributed by atoms with E-state index in [0.29, 0.717) is 12.1 Å². The largest absolute Gasteiger partial charge is 0.480 e. The monoisotopic (exact) mass is 355 g/mol. The van der Waals surface area contributed by atoms with Gasteiger partial charge in [0.25, 0.3) is 5.91 Å². The molecule has 1 aliphatic rings. The molecule has 138 valence electrons. The van der Waals surface area contributed by atoms with Crippen LogP contribution in [0.4, 0.5) is 0 Å². The van der Waals surface area contributed by atoms with Crippen molar-refractivity contribution in [2.75, 3.05) is 0 Å². The Kier molecular flexibility index (Phi) is 5.11.